The first-order chi connectivity index (χ1) is 9.63. The van der Waals surface area contributed by atoms with Crippen LogP contribution in [0.1, 0.15) is 23.0 Å². The molecule has 2 aromatic rings. The van der Waals surface area contributed by atoms with Gasteiger partial charge in [0, 0.05) is 6.92 Å². The molecule has 20 heavy (non-hydrogen) atoms. The number of hydrogen-bond acceptors (Lipinski definition) is 4. The molecule has 1 aromatic carbocycles. The van der Waals surface area contributed by atoms with Crippen molar-refractivity contribution in [1.29, 1.82) is 0 Å². The summed E-state index contributed by atoms with van der Waals surface area (Å²) in [5.74, 6) is 0.722. The molecule has 0 atom stereocenters. The number of aromatic nitrogens is 2. The second kappa shape index (κ2) is 6.43. The van der Waals surface area contributed by atoms with Crippen LogP contribution in [-0.4, -0.2) is 29.1 Å². The van der Waals surface area contributed by atoms with E-state index in [9.17, 15) is 4.79 Å². The first kappa shape index (κ1) is 14.4. The summed E-state index contributed by atoms with van der Waals surface area (Å²) in [4.78, 5) is 11.5. The van der Waals surface area contributed by atoms with E-state index in [0.29, 0.717) is 0 Å². The minimum atomic E-state index is -0.0975. The van der Waals surface area contributed by atoms with Gasteiger partial charge in [-0.05, 0) is 36.1 Å². The molecule has 0 aliphatic carbocycles. The highest BCUT2D eigenvalue weighted by Gasteiger charge is 2.07. The van der Waals surface area contributed by atoms with Crippen molar-refractivity contribution in [3.05, 3.63) is 41.6 Å². The molecule has 0 saturated heterocycles. The van der Waals surface area contributed by atoms with E-state index in [1.807, 2.05) is 48.7 Å². The molecule has 0 bridgehead atoms. The van der Waals surface area contributed by atoms with Crippen LogP contribution in [0.3, 0.4) is 0 Å². The van der Waals surface area contributed by atoms with Gasteiger partial charge in [-0.25, -0.2) is 0 Å². The Kier molecular flexibility index (Phi) is 4.63. The van der Waals surface area contributed by atoms with Gasteiger partial charge in [0.2, 0.25) is 5.91 Å². The maximum atomic E-state index is 11.5. The number of ether oxygens (including phenoxy) is 1. The van der Waals surface area contributed by atoms with E-state index in [2.05, 4.69) is 5.10 Å². The Balaban J connectivity index is 2.25. The van der Waals surface area contributed by atoms with E-state index in [0.717, 1.165) is 22.0 Å². The zero-order valence-electron chi connectivity index (χ0n) is 11.7. The summed E-state index contributed by atoms with van der Waals surface area (Å²) in [5, 5.41) is 5.06. The van der Waals surface area contributed by atoms with Crippen LogP contribution in [0.15, 0.2) is 35.4 Å². The van der Waals surface area contributed by atoms with Gasteiger partial charge in [0.25, 0.3) is 0 Å². The van der Waals surface area contributed by atoms with Crippen LogP contribution in [0.25, 0.3) is 12.2 Å². The zero-order chi connectivity index (χ0) is 14.5. The summed E-state index contributed by atoms with van der Waals surface area (Å²) in [7, 11) is 1.64. The quantitative estimate of drug-likeness (QED) is 0.808. The van der Waals surface area contributed by atoms with Crippen LogP contribution in [0.2, 0.25) is 0 Å². The van der Waals surface area contributed by atoms with Gasteiger partial charge in [-0.15, -0.1) is 11.8 Å². The Hall–Kier alpha value is -2.01. The summed E-state index contributed by atoms with van der Waals surface area (Å²) >= 11 is 1.51. The normalized spacial score (nSPS) is 10.9. The highest BCUT2D eigenvalue weighted by molar-refractivity contribution is 7.98. The lowest BCUT2D eigenvalue weighted by Crippen LogP contribution is -2.09. The molecule has 2 rings (SSSR count). The van der Waals surface area contributed by atoms with Crippen molar-refractivity contribution in [3.63, 3.8) is 0 Å². The number of hydrogen-bond donors (Lipinski definition) is 0. The fourth-order valence-corrected chi connectivity index (χ4v) is 2.14. The average Bonchev–Trinajstić information content (AvgIpc) is 2.89. The molecule has 0 aliphatic rings. The highest BCUT2D eigenvalue weighted by atomic mass is 32.2. The molecule has 4 nitrogen and oxygen atoms in total. The summed E-state index contributed by atoms with van der Waals surface area (Å²) in [6.45, 7) is 1.50. The van der Waals surface area contributed by atoms with Crippen LogP contribution in [0.4, 0.5) is 0 Å². The molecule has 0 saturated carbocycles. The van der Waals surface area contributed by atoms with Crippen molar-refractivity contribution in [3.8, 4) is 5.75 Å². The Labute approximate surface area is 122 Å². The molecule has 0 amide bonds. The van der Waals surface area contributed by atoms with Crippen molar-refractivity contribution >= 4 is 29.8 Å². The van der Waals surface area contributed by atoms with Crippen LogP contribution in [0, 0.1) is 0 Å². The predicted octanol–water partition coefficient (Wildman–Crippen LogP) is 3.44. The fraction of sp³-hybridized carbons (Fsp3) is 0.200. The molecule has 0 aliphatic heterocycles. The van der Waals surface area contributed by atoms with Gasteiger partial charge >= 0.3 is 0 Å². The molecule has 1 heterocycles. The van der Waals surface area contributed by atoms with Gasteiger partial charge in [-0.2, -0.15) is 9.78 Å². The first-order valence-corrected chi connectivity index (χ1v) is 7.33. The maximum absolute atomic E-state index is 11.5. The maximum Gasteiger partial charge on any atom is 0.244 e. The summed E-state index contributed by atoms with van der Waals surface area (Å²) in [5.41, 5.74) is 1.81. The Morgan fingerprint density at radius 1 is 1.30 bits per heavy atom. The summed E-state index contributed by atoms with van der Waals surface area (Å²) in [6, 6.07) is 9.61. The molecule has 104 valence electrons. The topological polar surface area (TPSA) is 44.1 Å². The van der Waals surface area contributed by atoms with Gasteiger partial charge in [0.1, 0.15) is 10.8 Å². The minimum Gasteiger partial charge on any atom is -0.497 e. The van der Waals surface area contributed by atoms with E-state index in [-0.39, 0.29) is 5.91 Å². The van der Waals surface area contributed by atoms with Gasteiger partial charge in [-0.1, -0.05) is 18.2 Å². The van der Waals surface area contributed by atoms with Crippen LogP contribution < -0.4 is 4.74 Å². The fourth-order valence-electron chi connectivity index (χ4n) is 1.74. The molecule has 0 unspecified atom stereocenters. The number of nitrogens with zero attached hydrogens (tertiary/aromatic N) is 2. The Morgan fingerprint density at radius 3 is 2.55 bits per heavy atom. The Morgan fingerprint density at radius 2 is 2.00 bits per heavy atom. The van der Waals surface area contributed by atoms with Crippen molar-refractivity contribution < 1.29 is 9.53 Å². The number of methoxy groups -OCH3 is 1. The standard InChI is InChI=1S/C15H16N2O2S/c1-11(18)17-13(10-15(16-17)20-3)7-4-12-5-8-14(19-2)9-6-12/h4-10H,1-3H3/b7-4+. The lowest BCUT2D eigenvalue weighted by atomic mass is 10.2. The van der Waals surface area contributed by atoms with Crippen molar-refractivity contribution in [1.82, 2.24) is 9.78 Å². The SMILES string of the molecule is COc1ccc(/C=C/c2cc(SC)nn2C(C)=O)cc1. The molecular formula is C15H16N2O2S. The van der Waals surface area contributed by atoms with Crippen LogP contribution >= 0.6 is 11.8 Å². The lowest BCUT2D eigenvalue weighted by molar-refractivity contribution is 0.0919. The van der Waals surface area contributed by atoms with Gasteiger partial charge in [0.05, 0.1) is 12.8 Å². The van der Waals surface area contributed by atoms with E-state index in [1.165, 1.54) is 23.4 Å². The molecule has 1 aromatic heterocycles. The molecule has 0 spiro atoms. The molecule has 0 radical (unpaired) electrons. The average molecular weight is 288 g/mol. The van der Waals surface area contributed by atoms with E-state index in [4.69, 9.17) is 4.74 Å². The summed E-state index contributed by atoms with van der Waals surface area (Å²) in [6.07, 6.45) is 5.76. The third-order valence-corrected chi connectivity index (χ3v) is 3.40. The zero-order valence-corrected chi connectivity index (χ0v) is 12.5. The number of carbonyl (C=O) groups is 1. The third kappa shape index (κ3) is 3.30. The van der Waals surface area contributed by atoms with E-state index >= 15 is 0 Å². The number of thioether (sulfide) groups is 1. The second-order valence-electron chi connectivity index (χ2n) is 4.15. The molecular weight excluding hydrogens is 272 g/mol. The van der Waals surface area contributed by atoms with Crippen molar-refractivity contribution in [2.45, 2.75) is 11.9 Å². The van der Waals surface area contributed by atoms with Crippen LogP contribution in [-0.2, 0) is 0 Å². The number of rotatable bonds is 4. The minimum absolute atomic E-state index is 0.0975. The summed E-state index contributed by atoms with van der Waals surface area (Å²) < 4.78 is 6.52. The van der Waals surface area contributed by atoms with Gasteiger partial charge in [0.15, 0.2) is 0 Å². The molecule has 5 heteroatoms. The smallest absolute Gasteiger partial charge is 0.244 e. The van der Waals surface area contributed by atoms with Gasteiger partial charge < -0.3 is 4.74 Å². The first-order valence-electron chi connectivity index (χ1n) is 6.11. The highest BCUT2D eigenvalue weighted by Crippen LogP contribution is 2.18. The van der Waals surface area contributed by atoms with Crippen LogP contribution in [0.5, 0.6) is 5.75 Å². The molecule has 0 fully saturated rings. The van der Waals surface area contributed by atoms with Crippen molar-refractivity contribution in [2.75, 3.05) is 13.4 Å². The largest absolute Gasteiger partial charge is 0.497 e. The van der Waals surface area contributed by atoms with Crippen molar-refractivity contribution in [2.24, 2.45) is 0 Å². The van der Waals surface area contributed by atoms with E-state index < -0.39 is 0 Å². The predicted molar refractivity (Wildman–Crippen MR) is 82.2 cm³/mol. The lowest BCUT2D eigenvalue weighted by Gasteiger charge is -2.00. The molecule has 0 N–H and O–H groups in total. The number of carbonyl (C=O) groups excluding carboxylic acids is 1. The second-order valence-corrected chi connectivity index (χ2v) is 4.98. The van der Waals surface area contributed by atoms with E-state index in [1.54, 1.807) is 7.11 Å². The third-order valence-electron chi connectivity index (χ3n) is 2.78. The monoisotopic (exact) mass is 288 g/mol. The Bertz CT molecular complexity index is 630. The van der Waals surface area contributed by atoms with Gasteiger partial charge in [-0.3, -0.25) is 4.79 Å². The number of benzene rings is 1.